The standard InChI is InChI=1S/C24H32N2O3/c1-17(2)21-11-8-9-18(3)24(21)26(19(4)27)16-14-23(28)25-15-13-20-10-6-7-12-22(20)29-5/h6-12,17H,13-16H2,1-5H3,(H,25,28). The summed E-state index contributed by atoms with van der Waals surface area (Å²) in [6, 6.07) is 13.9. The largest absolute Gasteiger partial charge is 0.496 e. The Morgan fingerprint density at radius 3 is 2.48 bits per heavy atom. The Morgan fingerprint density at radius 2 is 1.83 bits per heavy atom. The number of hydrogen-bond acceptors (Lipinski definition) is 3. The van der Waals surface area contributed by atoms with Crippen LogP contribution in [0.5, 0.6) is 5.75 Å². The van der Waals surface area contributed by atoms with E-state index < -0.39 is 0 Å². The fraction of sp³-hybridized carbons (Fsp3) is 0.417. The minimum atomic E-state index is -0.0640. The average Bonchev–Trinajstić information content (AvgIpc) is 2.69. The third-order valence-electron chi connectivity index (χ3n) is 5.01. The van der Waals surface area contributed by atoms with Gasteiger partial charge in [-0.3, -0.25) is 9.59 Å². The monoisotopic (exact) mass is 396 g/mol. The summed E-state index contributed by atoms with van der Waals surface area (Å²) in [6.07, 6.45) is 0.957. The first kappa shape index (κ1) is 22.5. The van der Waals surface area contributed by atoms with Gasteiger partial charge in [0, 0.05) is 32.1 Å². The van der Waals surface area contributed by atoms with E-state index in [1.807, 2.05) is 43.3 Å². The number of carbonyl (C=O) groups excluding carboxylic acids is 2. The topological polar surface area (TPSA) is 58.6 Å². The second kappa shape index (κ2) is 10.6. The van der Waals surface area contributed by atoms with Crippen LogP contribution >= 0.6 is 0 Å². The number of hydrogen-bond donors (Lipinski definition) is 1. The van der Waals surface area contributed by atoms with Crippen LogP contribution in [0.2, 0.25) is 0 Å². The van der Waals surface area contributed by atoms with Gasteiger partial charge in [0.15, 0.2) is 0 Å². The minimum Gasteiger partial charge on any atom is -0.496 e. The molecule has 0 fully saturated rings. The predicted octanol–water partition coefficient (Wildman–Crippen LogP) is 4.23. The first-order valence-corrected chi connectivity index (χ1v) is 10.1. The van der Waals surface area contributed by atoms with Crippen molar-refractivity contribution >= 4 is 17.5 Å². The molecule has 2 aromatic rings. The second-order valence-electron chi connectivity index (χ2n) is 7.50. The Labute approximate surface area is 174 Å². The van der Waals surface area contributed by atoms with E-state index in [-0.39, 0.29) is 18.2 Å². The van der Waals surface area contributed by atoms with Crippen molar-refractivity contribution in [1.29, 1.82) is 0 Å². The molecule has 5 heteroatoms. The molecule has 0 saturated carbocycles. The lowest BCUT2D eigenvalue weighted by atomic mass is 9.97. The molecule has 1 N–H and O–H groups in total. The molecule has 0 aliphatic rings. The maximum Gasteiger partial charge on any atom is 0.223 e. The first-order chi connectivity index (χ1) is 13.8. The lowest BCUT2D eigenvalue weighted by Crippen LogP contribution is -2.35. The molecule has 0 spiro atoms. The molecular formula is C24H32N2O3. The summed E-state index contributed by atoms with van der Waals surface area (Å²) in [5.41, 5.74) is 4.15. The van der Waals surface area contributed by atoms with Crippen molar-refractivity contribution in [2.75, 3.05) is 25.1 Å². The molecule has 0 atom stereocenters. The second-order valence-corrected chi connectivity index (χ2v) is 7.50. The zero-order chi connectivity index (χ0) is 21.4. The third kappa shape index (κ3) is 6.08. The molecule has 0 unspecified atom stereocenters. The summed E-state index contributed by atoms with van der Waals surface area (Å²) in [6.45, 7) is 8.67. The van der Waals surface area contributed by atoms with Crippen LogP contribution < -0.4 is 15.0 Å². The number of ether oxygens (including phenoxy) is 1. The van der Waals surface area contributed by atoms with Crippen LogP contribution in [0, 0.1) is 6.92 Å². The zero-order valence-electron chi connectivity index (χ0n) is 18.1. The normalized spacial score (nSPS) is 10.7. The Kier molecular flexibility index (Phi) is 8.25. The molecule has 0 aliphatic heterocycles. The molecule has 2 aromatic carbocycles. The summed E-state index contributed by atoms with van der Waals surface area (Å²) in [4.78, 5) is 26.4. The number of nitrogens with one attached hydrogen (secondary N) is 1. The molecule has 156 valence electrons. The summed E-state index contributed by atoms with van der Waals surface area (Å²) < 4.78 is 5.34. The van der Waals surface area contributed by atoms with E-state index in [1.54, 1.807) is 18.9 Å². The number of para-hydroxylation sites is 2. The van der Waals surface area contributed by atoms with E-state index in [0.29, 0.717) is 25.4 Å². The van der Waals surface area contributed by atoms with Crippen molar-refractivity contribution in [2.45, 2.75) is 46.5 Å². The number of nitrogens with zero attached hydrogens (tertiary/aromatic N) is 1. The molecule has 5 nitrogen and oxygen atoms in total. The van der Waals surface area contributed by atoms with Gasteiger partial charge in [0.1, 0.15) is 5.75 Å². The van der Waals surface area contributed by atoms with Gasteiger partial charge in [-0.15, -0.1) is 0 Å². The van der Waals surface area contributed by atoms with E-state index >= 15 is 0 Å². The Balaban J connectivity index is 1.98. The van der Waals surface area contributed by atoms with Gasteiger partial charge in [-0.2, -0.15) is 0 Å². The highest BCUT2D eigenvalue weighted by molar-refractivity contribution is 5.94. The summed E-state index contributed by atoms with van der Waals surface area (Å²) in [5, 5.41) is 2.95. The van der Waals surface area contributed by atoms with E-state index in [2.05, 4.69) is 25.2 Å². The summed E-state index contributed by atoms with van der Waals surface area (Å²) in [5.74, 6) is 1.00. The van der Waals surface area contributed by atoms with Crippen molar-refractivity contribution in [3.05, 3.63) is 59.2 Å². The van der Waals surface area contributed by atoms with Crippen molar-refractivity contribution < 1.29 is 14.3 Å². The van der Waals surface area contributed by atoms with Crippen LogP contribution in [-0.2, 0) is 16.0 Å². The van der Waals surface area contributed by atoms with Crippen molar-refractivity contribution in [3.8, 4) is 5.75 Å². The Bertz CT molecular complexity index is 846. The van der Waals surface area contributed by atoms with E-state index in [1.165, 1.54) is 0 Å². The molecule has 0 saturated heterocycles. The SMILES string of the molecule is COc1ccccc1CCNC(=O)CCN(C(C)=O)c1c(C)cccc1C(C)C. The minimum absolute atomic E-state index is 0.0528. The van der Waals surface area contributed by atoms with Crippen LogP contribution in [0.15, 0.2) is 42.5 Å². The van der Waals surface area contributed by atoms with Crippen LogP contribution in [0.1, 0.15) is 49.8 Å². The van der Waals surface area contributed by atoms with E-state index in [9.17, 15) is 9.59 Å². The molecule has 2 rings (SSSR count). The number of anilines is 1. The first-order valence-electron chi connectivity index (χ1n) is 10.1. The summed E-state index contributed by atoms with van der Waals surface area (Å²) >= 11 is 0. The average molecular weight is 397 g/mol. The number of benzene rings is 2. The van der Waals surface area contributed by atoms with Gasteiger partial charge < -0.3 is 15.0 Å². The Hall–Kier alpha value is -2.82. The molecule has 0 aromatic heterocycles. The number of rotatable bonds is 9. The smallest absolute Gasteiger partial charge is 0.223 e. The summed E-state index contributed by atoms with van der Waals surface area (Å²) in [7, 11) is 1.64. The van der Waals surface area contributed by atoms with Gasteiger partial charge in [0.2, 0.25) is 11.8 Å². The fourth-order valence-electron chi connectivity index (χ4n) is 3.49. The number of aryl methyl sites for hydroxylation is 1. The van der Waals surface area contributed by atoms with Gasteiger partial charge in [-0.25, -0.2) is 0 Å². The van der Waals surface area contributed by atoms with Crippen molar-refractivity contribution in [2.24, 2.45) is 0 Å². The highest BCUT2D eigenvalue weighted by Gasteiger charge is 2.20. The van der Waals surface area contributed by atoms with Crippen LogP contribution in [0.3, 0.4) is 0 Å². The molecule has 0 aliphatic carbocycles. The number of carbonyl (C=O) groups is 2. The zero-order valence-corrected chi connectivity index (χ0v) is 18.1. The van der Waals surface area contributed by atoms with E-state index in [0.717, 1.165) is 28.1 Å². The van der Waals surface area contributed by atoms with Crippen LogP contribution in [-0.4, -0.2) is 32.0 Å². The van der Waals surface area contributed by atoms with Crippen molar-refractivity contribution in [1.82, 2.24) is 5.32 Å². The maximum atomic E-state index is 12.4. The van der Waals surface area contributed by atoms with Gasteiger partial charge in [0.05, 0.1) is 7.11 Å². The fourth-order valence-corrected chi connectivity index (χ4v) is 3.49. The molecule has 0 heterocycles. The molecule has 29 heavy (non-hydrogen) atoms. The van der Waals surface area contributed by atoms with Gasteiger partial charge in [-0.1, -0.05) is 50.2 Å². The lowest BCUT2D eigenvalue weighted by Gasteiger charge is -2.27. The predicted molar refractivity (Wildman–Crippen MR) is 118 cm³/mol. The van der Waals surface area contributed by atoms with Gasteiger partial charge in [0.25, 0.3) is 0 Å². The highest BCUT2D eigenvalue weighted by Crippen LogP contribution is 2.31. The number of amides is 2. The van der Waals surface area contributed by atoms with Crippen LogP contribution in [0.25, 0.3) is 0 Å². The molecule has 2 amide bonds. The van der Waals surface area contributed by atoms with Crippen molar-refractivity contribution in [3.63, 3.8) is 0 Å². The molecule has 0 radical (unpaired) electrons. The van der Waals surface area contributed by atoms with Crippen LogP contribution in [0.4, 0.5) is 5.69 Å². The molecule has 0 bridgehead atoms. The number of methoxy groups -OCH3 is 1. The van der Waals surface area contributed by atoms with Gasteiger partial charge in [-0.05, 0) is 42.0 Å². The van der Waals surface area contributed by atoms with E-state index in [4.69, 9.17) is 4.74 Å². The Morgan fingerprint density at radius 1 is 1.10 bits per heavy atom. The lowest BCUT2D eigenvalue weighted by molar-refractivity contribution is -0.121. The quantitative estimate of drug-likeness (QED) is 0.690. The molecular weight excluding hydrogens is 364 g/mol. The third-order valence-corrected chi connectivity index (χ3v) is 5.01. The maximum absolute atomic E-state index is 12.4. The highest BCUT2D eigenvalue weighted by atomic mass is 16.5. The van der Waals surface area contributed by atoms with Gasteiger partial charge >= 0.3 is 0 Å².